The number of fused-ring (bicyclic) bond motifs is 1. The standard InChI is InChI=1S/C28H32N4O3/c1-4-18(2)27(34)31-24-16-29-26(21-13-7-5-10-19(21)3)32(28(24)35)17-25(33)30-23-15-9-12-20-11-6-8-14-22(20)23/h5-8,10-11,13-14,16,18,23H,4,9,12,15,17H2,1-3H3,(H,30,33)(H,31,34)/t18-,23-/m1/s1. The molecule has 2 N–H and O–H groups in total. The lowest BCUT2D eigenvalue weighted by Crippen LogP contribution is -2.38. The van der Waals surface area contributed by atoms with Gasteiger partial charge in [0.1, 0.15) is 18.1 Å². The molecule has 0 radical (unpaired) electrons. The van der Waals surface area contributed by atoms with Crippen molar-refractivity contribution in [2.24, 2.45) is 5.92 Å². The lowest BCUT2D eigenvalue weighted by Gasteiger charge is -2.26. The van der Waals surface area contributed by atoms with Crippen molar-refractivity contribution in [3.05, 3.63) is 81.8 Å². The summed E-state index contributed by atoms with van der Waals surface area (Å²) >= 11 is 0. The van der Waals surface area contributed by atoms with Crippen LogP contribution in [0.1, 0.15) is 55.8 Å². The van der Waals surface area contributed by atoms with Crippen LogP contribution in [0, 0.1) is 12.8 Å². The summed E-state index contributed by atoms with van der Waals surface area (Å²) in [5, 5.41) is 5.81. The van der Waals surface area contributed by atoms with E-state index in [9.17, 15) is 14.4 Å². The molecule has 2 amide bonds. The lowest BCUT2D eigenvalue weighted by atomic mass is 9.88. The third-order valence-electron chi connectivity index (χ3n) is 6.76. The Morgan fingerprint density at radius 1 is 1.14 bits per heavy atom. The van der Waals surface area contributed by atoms with Crippen LogP contribution >= 0.6 is 0 Å². The molecule has 0 saturated heterocycles. The number of amides is 2. The van der Waals surface area contributed by atoms with Crippen molar-refractivity contribution in [2.75, 3.05) is 5.32 Å². The molecular formula is C28H32N4O3. The van der Waals surface area contributed by atoms with E-state index in [1.807, 2.05) is 50.2 Å². The summed E-state index contributed by atoms with van der Waals surface area (Å²) in [6.07, 6.45) is 4.89. The molecule has 0 fully saturated rings. The van der Waals surface area contributed by atoms with Gasteiger partial charge in [-0.2, -0.15) is 0 Å². The van der Waals surface area contributed by atoms with Gasteiger partial charge in [0.2, 0.25) is 11.8 Å². The summed E-state index contributed by atoms with van der Waals surface area (Å²) in [5.74, 6) is -0.358. The minimum atomic E-state index is -0.450. The smallest absolute Gasteiger partial charge is 0.278 e. The molecular weight excluding hydrogens is 440 g/mol. The van der Waals surface area contributed by atoms with Crippen LogP contribution in [0.15, 0.2) is 59.5 Å². The average Bonchev–Trinajstić information content (AvgIpc) is 2.86. The van der Waals surface area contributed by atoms with Gasteiger partial charge in [-0.25, -0.2) is 4.98 Å². The molecule has 35 heavy (non-hydrogen) atoms. The van der Waals surface area contributed by atoms with Gasteiger partial charge in [0.05, 0.1) is 12.2 Å². The summed E-state index contributed by atoms with van der Waals surface area (Å²) in [6, 6.07) is 15.7. The maximum absolute atomic E-state index is 13.5. The first-order valence-electron chi connectivity index (χ1n) is 12.2. The van der Waals surface area contributed by atoms with Gasteiger partial charge in [0, 0.05) is 11.5 Å². The highest BCUT2D eigenvalue weighted by Gasteiger charge is 2.23. The Labute approximate surface area is 205 Å². The van der Waals surface area contributed by atoms with Gasteiger partial charge >= 0.3 is 0 Å². The molecule has 0 spiro atoms. The number of hydrogen-bond donors (Lipinski definition) is 2. The molecule has 0 unspecified atom stereocenters. The number of aromatic nitrogens is 2. The molecule has 0 aliphatic heterocycles. The Morgan fingerprint density at radius 2 is 1.89 bits per heavy atom. The molecule has 7 nitrogen and oxygen atoms in total. The van der Waals surface area contributed by atoms with Crippen molar-refractivity contribution >= 4 is 17.5 Å². The molecule has 4 rings (SSSR count). The van der Waals surface area contributed by atoms with E-state index in [0.717, 1.165) is 36.0 Å². The molecule has 7 heteroatoms. The van der Waals surface area contributed by atoms with Gasteiger partial charge in [-0.05, 0) is 49.3 Å². The minimum Gasteiger partial charge on any atom is -0.348 e. The SMILES string of the molecule is CC[C@@H](C)C(=O)Nc1cnc(-c2ccccc2C)n(CC(=O)N[C@@H]2CCCc3ccccc32)c1=O. The van der Waals surface area contributed by atoms with Crippen LogP contribution in [0.4, 0.5) is 5.69 Å². The Kier molecular flexibility index (Phi) is 7.44. The number of benzene rings is 2. The number of hydrogen-bond acceptors (Lipinski definition) is 4. The molecule has 182 valence electrons. The molecule has 1 heterocycles. The predicted octanol–water partition coefficient (Wildman–Crippen LogP) is 4.40. The van der Waals surface area contributed by atoms with Crippen LogP contribution in [0.3, 0.4) is 0 Å². The minimum absolute atomic E-state index is 0.0726. The lowest BCUT2D eigenvalue weighted by molar-refractivity contribution is -0.122. The number of carbonyl (C=O) groups is 2. The Balaban J connectivity index is 1.67. The first kappa shape index (κ1) is 24.4. The van der Waals surface area contributed by atoms with Crippen LogP contribution in [-0.2, 0) is 22.6 Å². The van der Waals surface area contributed by atoms with Crippen LogP contribution in [0.25, 0.3) is 11.4 Å². The fourth-order valence-corrected chi connectivity index (χ4v) is 4.49. The summed E-state index contributed by atoms with van der Waals surface area (Å²) in [4.78, 5) is 43.7. The van der Waals surface area contributed by atoms with Crippen molar-refractivity contribution in [3.8, 4) is 11.4 Å². The van der Waals surface area contributed by atoms with Gasteiger partial charge in [0.15, 0.2) is 0 Å². The van der Waals surface area contributed by atoms with Crippen LogP contribution in [0.2, 0.25) is 0 Å². The maximum Gasteiger partial charge on any atom is 0.278 e. The Bertz CT molecular complexity index is 1300. The second kappa shape index (κ2) is 10.7. The topological polar surface area (TPSA) is 93.1 Å². The van der Waals surface area contributed by atoms with Crippen molar-refractivity contribution < 1.29 is 9.59 Å². The van der Waals surface area contributed by atoms with E-state index < -0.39 is 5.56 Å². The van der Waals surface area contributed by atoms with Crippen LogP contribution in [-0.4, -0.2) is 21.4 Å². The van der Waals surface area contributed by atoms with E-state index in [1.54, 1.807) is 6.92 Å². The Hall–Kier alpha value is -3.74. The van der Waals surface area contributed by atoms with Gasteiger partial charge in [0.25, 0.3) is 5.56 Å². The number of carbonyl (C=O) groups excluding carboxylic acids is 2. The third kappa shape index (κ3) is 5.34. The number of aryl methyl sites for hydroxylation is 2. The molecule has 0 bridgehead atoms. The van der Waals surface area contributed by atoms with Crippen molar-refractivity contribution in [1.82, 2.24) is 14.9 Å². The van der Waals surface area contributed by atoms with Crippen LogP contribution < -0.4 is 16.2 Å². The summed E-state index contributed by atoms with van der Waals surface area (Å²) in [5.41, 5.74) is 3.70. The molecule has 1 aromatic heterocycles. The summed E-state index contributed by atoms with van der Waals surface area (Å²) in [6.45, 7) is 5.46. The van der Waals surface area contributed by atoms with E-state index in [2.05, 4.69) is 27.8 Å². The number of anilines is 1. The van der Waals surface area contributed by atoms with E-state index in [0.29, 0.717) is 12.2 Å². The zero-order chi connectivity index (χ0) is 24.9. The fourth-order valence-electron chi connectivity index (χ4n) is 4.49. The van der Waals surface area contributed by atoms with E-state index in [4.69, 9.17) is 0 Å². The first-order valence-corrected chi connectivity index (χ1v) is 12.2. The summed E-state index contributed by atoms with van der Waals surface area (Å²) < 4.78 is 1.36. The van der Waals surface area contributed by atoms with Crippen molar-refractivity contribution in [1.29, 1.82) is 0 Å². The molecule has 2 atom stereocenters. The fraction of sp³-hybridized carbons (Fsp3) is 0.357. The molecule has 0 saturated carbocycles. The number of nitrogens with one attached hydrogen (secondary N) is 2. The van der Waals surface area contributed by atoms with Gasteiger partial charge in [-0.15, -0.1) is 0 Å². The predicted molar refractivity (Wildman–Crippen MR) is 137 cm³/mol. The molecule has 2 aromatic carbocycles. The second-order valence-electron chi connectivity index (χ2n) is 9.21. The normalized spacial score (nSPS) is 15.7. The highest BCUT2D eigenvalue weighted by atomic mass is 16.2. The zero-order valence-electron chi connectivity index (χ0n) is 20.5. The van der Waals surface area contributed by atoms with Gasteiger partial charge in [-0.3, -0.25) is 19.0 Å². The highest BCUT2D eigenvalue weighted by molar-refractivity contribution is 5.92. The number of nitrogens with zero attached hydrogens (tertiary/aromatic N) is 2. The zero-order valence-corrected chi connectivity index (χ0v) is 20.5. The van der Waals surface area contributed by atoms with Crippen LogP contribution in [0.5, 0.6) is 0 Å². The monoisotopic (exact) mass is 472 g/mol. The largest absolute Gasteiger partial charge is 0.348 e. The van der Waals surface area contributed by atoms with Gasteiger partial charge in [-0.1, -0.05) is 62.4 Å². The molecule has 3 aromatic rings. The van der Waals surface area contributed by atoms with E-state index in [-0.39, 0.29) is 36.0 Å². The second-order valence-corrected chi connectivity index (χ2v) is 9.21. The third-order valence-corrected chi connectivity index (χ3v) is 6.76. The quantitative estimate of drug-likeness (QED) is 0.533. The highest BCUT2D eigenvalue weighted by Crippen LogP contribution is 2.29. The average molecular weight is 473 g/mol. The van der Waals surface area contributed by atoms with Crippen molar-refractivity contribution in [2.45, 2.75) is 59.0 Å². The van der Waals surface area contributed by atoms with Crippen molar-refractivity contribution in [3.63, 3.8) is 0 Å². The molecule has 1 aliphatic rings. The maximum atomic E-state index is 13.5. The van der Waals surface area contributed by atoms with E-state index in [1.165, 1.54) is 16.3 Å². The van der Waals surface area contributed by atoms with E-state index >= 15 is 0 Å². The Morgan fingerprint density at radius 3 is 2.66 bits per heavy atom. The summed E-state index contributed by atoms with van der Waals surface area (Å²) in [7, 11) is 0. The van der Waals surface area contributed by atoms with Gasteiger partial charge < -0.3 is 10.6 Å². The first-order chi connectivity index (χ1) is 16.9. The number of rotatable bonds is 7. The molecule has 1 aliphatic carbocycles.